The van der Waals surface area contributed by atoms with E-state index in [0.717, 1.165) is 0 Å². The molecule has 2 N–H and O–H groups in total. The first-order valence-electron chi connectivity index (χ1n) is 6.94. The third-order valence-corrected chi connectivity index (χ3v) is 3.75. The highest BCUT2D eigenvalue weighted by Gasteiger charge is 2.33. The number of aliphatic carboxylic acids is 1. The Morgan fingerprint density at radius 1 is 1.27 bits per heavy atom. The Balaban J connectivity index is 2.19. The van der Waals surface area contributed by atoms with E-state index in [9.17, 15) is 14.7 Å². The molecular weight excluding hydrogens is 290 g/mol. The van der Waals surface area contributed by atoms with Crippen molar-refractivity contribution >= 4 is 11.9 Å². The molecule has 1 fully saturated rings. The molecule has 1 saturated heterocycles. The van der Waals surface area contributed by atoms with Crippen molar-refractivity contribution in [3.63, 3.8) is 0 Å². The van der Waals surface area contributed by atoms with Gasteiger partial charge in [-0.2, -0.15) is 0 Å². The van der Waals surface area contributed by atoms with Crippen molar-refractivity contribution in [3.8, 4) is 17.2 Å². The summed E-state index contributed by atoms with van der Waals surface area (Å²) in [5, 5.41) is 19.0. The molecule has 1 aliphatic rings. The molecule has 1 unspecified atom stereocenters. The number of hydrogen-bond donors (Lipinski definition) is 2. The number of carboxylic acid groups (broad SMARTS) is 1. The molecule has 7 heteroatoms. The van der Waals surface area contributed by atoms with Gasteiger partial charge in [0, 0.05) is 6.54 Å². The largest absolute Gasteiger partial charge is 0.502 e. The number of phenolic OH excluding ortho intramolecular Hbond substituents is 1. The highest BCUT2D eigenvalue weighted by Crippen LogP contribution is 2.37. The van der Waals surface area contributed by atoms with Crippen LogP contribution in [0, 0.1) is 0 Å². The highest BCUT2D eigenvalue weighted by molar-refractivity contribution is 5.85. The number of nitrogens with zero attached hydrogens (tertiary/aromatic N) is 1. The minimum absolute atomic E-state index is 0.0246. The lowest BCUT2D eigenvalue weighted by molar-refractivity contribution is -0.148. The van der Waals surface area contributed by atoms with E-state index in [4.69, 9.17) is 14.6 Å². The molecule has 0 radical (unpaired) electrons. The zero-order chi connectivity index (χ0) is 16.3. The number of carboxylic acids is 1. The van der Waals surface area contributed by atoms with Crippen molar-refractivity contribution in [2.45, 2.75) is 25.3 Å². The van der Waals surface area contributed by atoms with E-state index in [1.165, 1.54) is 19.1 Å². The molecule has 1 aromatic carbocycles. The van der Waals surface area contributed by atoms with Crippen LogP contribution in [0.4, 0.5) is 0 Å². The molecule has 7 nitrogen and oxygen atoms in total. The van der Waals surface area contributed by atoms with E-state index in [0.29, 0.717) is 24.9 Å². The summed E-state index contributed by atoms with van der Waals surface area (Å²) in [5.41, 5.74) is 0.590. The minimum Gasteiger partial charge on any atom is -0.502 e. The maximum absolute atomic E-state index is 12.3. The van der Waals surface area contributed by atoms with Crippen LogP contribution in [0.25, 0.3) is 0 Å². The van der Waals surface area contributed by atoms with Crippen LogP contribution in [-0.2, 0) is 16.0 Å². The summed E-state index contributed by atoms with van der Waals surface area (Å²) in [6.45, 7) is 0.447. The quantitative estimate of drug-likeness (QED) is 0.843. The Hall–Kier alpha value is -2.44. The number of likely N-dealkylation sites (tertiary alicyclic amines) is 1. The number of methoxy groups -OCH3 is 2. The summed E-state index contributed by atoms with van der Waals surface area (Å²) in [6, 6.07) is 2.33. The zero-order valence-corrected chi connectivity index (χ0v) is 12.5. The summed E-state index contributed by atoms with van der Waals surface area (Å²) in [5.74, 6) is -0.964. The van der Waals surface area contributed by atoms with Crippen LogP contribution < -0.4 is 9.47 Å². The molecule has 0 aliphatic carbocycles. The van der Waals surface area contributed by atoms with E-state index in [2.05, 4.69) is 0 Å². The van der Waals surface area contributed by atoms with Crippen LogP contribution in [-0.4, -0.2) is 53.8 Å². The Morgan fingerprint density at radius 2 is 1.86 bits per heavy atom. The van der Waals surface area contributed by atoms with Gasteiger partial charge in [-0.3, -0.25) is 4.79 Å². The lowest BCUT2D eigenvalue weighted by atomic mass is 10.1. The van der Waals surface area contributed by atoms with Gasteiger partial charge in [0.2, 0.25) is 11.7 Å². The number of phenols is 1. The Morgan fingerprint density at radius 3 is 2.36 bits per heavy atom. The fraction of sp³-hybridized carbons (Fsp3) is 0.467. The van der Waals surface area contributed by atoms with E-state index >= 15 is 0 Å². The van der Waals surface area contributed by atoms with Gasteiger partial charge in [0.15, 0.2) is 11.5 Å². The summed E-state index contributed by atoms with van der Waals surface area (Å²) in [6.07, 6.45) is 1.19. The van der Waals surface area contributed by atoms with Crippen LogP contribution in [0.5, 0.6) is 17.2 Å². The highest BCUT2D eigenvalue weighted by atomic mass is 16.5. The lowest BCUT2D eigenvalue weighted by Crippen LogP contribution is -2.41. The van der Waals surface area contributed by atoms with Gasteiger partial charge in [-0.15, -0.1) is 0 Å². The van der Waals surface area contributed by atoms with Crippen molar-refractivity contribution < 1.29 is 29.3 Å². The lowest BCUT2D eigenvalue weighted by Gasteiger charge is -2.21. The molecule has 1 aromatic rings. The van der Waals surface area contributed by atoms with Crippen LogP contribution >= 0.6 is 0 Å². The Bertz CT molecular complexity index is 560. The number of carbonyl (C=O) groups is 2. The van der Waals surface area contributed by atoms with Gasteiger partial charge < -0.3 is 24.6 Å². The van der Waals surface area contributed by atoms with Crippen molar-refractivity contribution in [3.05, 3.63) is 17.7 Å². The third-order valence-electron chi connectivity index (χ3n) is 3.75. The fourth-order valence-corrected chi connectivity index (χ4v) is 2.65. The van der Waals surface area contributed by atoms with Gasteiger partial charge in [0.25, 0.3) is 0 Å². The number of rotatable bonds is 5. The zero-order valence-electron chi connectivity index (χ0n) is 12.5. The first-order chi connectivity index (χ1) is 10.5. The molecule has 22 heavy (non-hydrogen) atoms. The summed E-state index contributed by atoms with van der Waals surface area (Å²) in [4.78, 5) is 24.9. The van der Waals surface area contributed by atoms with Gasteiger partial charge in [-0.1, -0.05) is 0 Å². The Kier molecular flexibility index (Phi) is 4.75. The normalized spacial score (nSPS) is 17.4. The number of benzene rings is 1. The number of ether oxygens (including phenoxy) is 2. The first kappa shape index (κ1) is 15.9. The molecule has 1 aliphatic heterocycles. The molecular formula is C15H19NO6. The summed E-state index contributed by atoms with van der Waals surface area (Å²) >= 11 is 0. The van der Waals surface area contributed by atoms with Crippen molar-refractivity contribution in [1.82, 2.24) is 4.90 Å². The molecule has 2 rings (SSSR count). The molecule has 1 amide bonds. The minimum atomic E-state index is -0.980. The van der Waals surface area contributed by atoms with Gasteiger partial charge in [-0.25, -0.2) is 4.79 Å². The fourth-order valence-electron chi connectivity index (χ4n) is 2.65. The molecule has 0 bridgehead atoms. The maximum atomic E-state index is 12.3. The van der Waals surface area contributed by atoms with Gasteiger partial charge in [-0.05, 0) is 30.5 Å². The van der Waals surface area contributed by atoms with Crippen molar-refractivity contribution in [2.24, 2.45) is 0 Å². The SMILES string of the molecule is COc1cc(CC(=O)N2CCCC2C(=O)O)cc(OC)c1O. The number of hydrogen-bond acceptors (Lipinski definition) is 5. The predicted octanol–water partition coefficient (Wildman–Crippen LogP) is 1.03. The Labute approximate surface area is 128 Å². The van der Waals surface area contributed by atoms with Crippen molar-refractivity contribution in [1.29, 1.82) is 0 Å². The van der Waals surface area contributed by atoms with Crippen LogP contribution in [0.3, 0.4) is 0 Å². The molecule has 0 spiro atoms. The number of amides is 1. The maximum Gasteiger partial charge on any atom is 0.326 e. The smallest absolute Gasteiger partial charge is 0.326 e. The van der Waals surface area contributed by atoms with E-state index in [1.807, 2.05) is 0 Å². The molecule has 1 heterocycles. The standard InChI is InChI=1S/C15H19NO6/c1-21-11-6-9(7-12(22-2)14(11)18)8-13(17)16-5-3-4-10(16)15(19)20/h6-7,10,18H,3-5,8H2,1-2H3,(H,19,20). The molecule has 1 atom stereocenters. The average molecular weight is 309 g/mol. The van der Waals surface area contributed by atoms with E-state index < -0.39 is 12.0 Å². The van der Waals surface area contributed by atoms with Gasteiger partial charge in [0.05, 0.1) is 20.6 Å². The van der Waals surface area contributed by atoms with Crippen LogP contribution in [0.2, 0.25) is 0 Å². The van der Waals surface area contributed by atoms with E-state index in [1.54, 1.807) is 12.1 Å². The molecule has 0 aromatic heterocycles. The summed E-state index contributed by atoms with van der Waals surface area (Å²) in [7, 11) is 2.81. The second-order valence-corrected chi connectivity index (χ2v) is 5.11. The topological polar surface area (TPSA) is 96.3 Å². The van der Waals surface area contributed by atoms with Gasteiger partial charge >= 0.3 is 5.97 Å². The van der Waals surface area contributed by atoms with Crippen LogP contribution in [0.15, 0.2) is 12.1 Å². The summed E-state index contributed by atoms with van der Waals surface area (Å²) < 4.78 is 10.1. The number of carbonyl (C=O) groups excluding carboxylic acids is 1. The average Bonchev–Trinajstić information content (AvgIpc) is 2.98. The molecule has 0 saturated carbocycles. The number of aromatic hydroxyl groups is 1. The predicted molar refractivity (Wildman–Crippen MR) is 77.3 cm³/mol. The first-order valence-corrected chi connectivity index (χ1v) is 6.94. The second kappa shape index (κ2) is 6.55. The van der Waals surface area contributed by atoms with Crippen molar-refractivity contribution in [2.75, 3.05) is 20.8 Å². The van der Waals surface area contributed by atoms with E-state index in [-0.39, 0.29) is 29.6 Å². The molecule has 120 valence electrons. The third kappa shape index (κ3) is 3.08. The van der Waals surface area contributed by atoms with Gasteiger partial charge in [0.1, 0.15) is 6.04 Å². The monoisotopic (exact) mass is 309 g/mol. The van der Waals surface area contributed by atoms with Crippen LogP contribution in [0.1, 0.15) is 18.4 Å². The second-order valence-electron chi connectivity index (χ2n) is 5.11.